The highest BCUT2D eigenvalue weighted by Crippen LogP contribution is 2.31. The van der Waals surface area contributed by atoms with Crippen molar-refractivity contribution in [3.05, 3.63) is 34.9 Å². The van der Waals surface area contributed by atoms with Crippen LogP contribution in [0.1, 0.15) is 52.5 Å². The monoisotopic (exact) mass is 370 g/mol. The van der Waals surface area contributed by atoms with Crippen molar-refractivity contribution in [1.82, 2.24) is 15.1 Å². The molecular formula is C19H22N4O4. The van der Waals surface area contributed by atoms with E-state index in [1.165, 1.54) is 0 Å². The molecule has 0 spiro atoms. The number of amides is 4. The highest BCUT2D eigenvalue weighted by molar-refractivity contribution is 6.24. The van der Waals surface area contributed by atoms with Crippen molar-refractivity contribution < 1.29 is 19.2 Å². The van der Waals surface area contributed by atoms with Crippen LogP contribution in [0.15, 0.2) is 18.2 Å². The zero-order chi connectivity index (χ0) is 19.3. The van der Waals surface area contributed by atoms with Crippen LogP contribution in [-0.2, 0) is 16.1 Å². The topological polar surface area (TPSA) is 113 Å². The molecule has 0 saturated carbocycles. The fraction of sp³-hybridized carbons (Fsp3) is 0.474. The summed E-state index contributed by atoms with van der Waals surface area (Å²) >= 11 is 0. The third kappa shape index (κ3) is 2.94. The molecule has 3 unspecified atom stereocenters. The lowest BCUT2D eigenvalue weighted by molar-refractivity contribution is -0.136. The summed E-state index contributed by atoms with van der Waals surface area (Å²) in [6, 6.07) is 4.68. The number of carbonyl (C=O) groups excluding carboxylic acids is 4. The Morgan fingerprint density at radius 2 is 1.96 bits per heavy atom. The fourth-order valence-electron chi connectivity index (χ4n) is 4.30. The van der Waals surface area contributed by atoms with Gasteiger partial charge in [-0.2, -0.15) is 0 Å². The first-order chi connectivity index (χ1) is 12.9. The zero-order valence-corrected chi connectivity index (χ0v) is 15.1. The van der Waals surface area contributed by atoms with Crippen LogP contribution in [0.4, 0.5) is 0 Å². The van der Waals surface area contributed by atoms with Crippen molar-refractivity contribution in [2.45, 2.75) is 50.9 Å². The van der Waals surface area contributed by atoms with Gasteiger partial charge in [-0.05, 0) is 31.4 Å². The molecule has 1 aromatic rings. The van der Waals surface area contributed by atoms with Gasteiger partial charge >= 0.3 is 0 Å². The van der Waals surface area contributed by atoms with Crippen LogP contribution in [0.3, 0.4) is 0 Å². The van der Waals surface area contributed by atoms with Crippen LogP contribution in [0.5, 0.6) is 0 Å². The number of carbonyl (C=O) groups is 4. The summed E-state index contributed by atoms with van der Waals surface area (Å²) in [5.74, 6) is -1.91. The van der Waals surface area contributed by atoms with Crippen LogP contribution in [0, 0.1) is 0 Å². The van der Waals surface area contributed by atoms with E-state index in [0.29, 0.717) is 23.7 Å². The number of likely N-dealkylation sites (tertiary alicyclic amines) is 1. The second kappa shape index (κ2) is 6.54. The number of rotatable bonds is 3. The van der Waals surface area contributed by atoms with Gasteiger partial charge in [0.15, 0.2) is 0 Å². The second-order valence-corrected chi connectivity index (χ2v) is 7.56. The summed E-state index contributed by atoms with van der Waals surface area (Å²) in [7, 11) is 0. The highest BCUT2D eigenvalue weighted by Gasteiger charge is 2.45. The molecule has 3 aliphatic rings. The number of piperidine rings is 1. The molecule has 2 saturated heterocycles. The van der Waals surface area contributed by atoms with E-state index in [1.54, 1.807) is 12.1 Å². The summed E-state index contributed by atoms with van der Waals surface area (Å²) in [5, 5.41) is 2.21. The van der Waals surface area contributed by atoms with Crippen LogP contribution in [0.25, 0.3) is 0 Å². The van der Waals surface area contributed by atoms with Gasteiger partial charge in [0.2, 0.25) is 11.8 Å². The first kappa shape index (κ1) is 17.8. The van der Waals surface area contributed by atoms with Crippen molar-refractivity contribution in [1.29, 1.82) is 0 Å². The van der Waals surface area contributed by atoms with E-state index in [-0.39, 0.29) is 24.8 Å². The molecule has 8 nitrogen and oxygen atoms in total. The summed E-state index contributed by atoms with van der Waals surface area (Å²) in [6.07, 6.45) is 1.16. The molecular weight excluding hydrogens is 348 g/mol. The number of benzene rings is 1. The van der Waals surface area contributed by atoms with Gasteiger partial charge in [-0.25, -0.2) is 0 Å². The van der Waals surface area contributed by atoms with Gasteiger partial charge in [0.05, 0.1) is 11.1 Å². The van der Waals surface area contributed by atoms with E-state index >= 15 is 0 Å². The van der Waals surface area contributed by atoms with Gasteiger partial charge in [-0.1, -0.05) is 12.1 Å². The van der Waals surface area contributed by atoms with Crippen molar-refractivity contribution in [2.24, 2.45) is 5.73 Å². The summed E-state index contributed by atoms with van der Waals surface area (Å²) in [5.41, 5.74) is 7.48. The van der Waals surface area contributed by atoms with Gasteiger partial charge < -0.3 is 5.73 Å². The Morgan fingerprint density at radius 3 is 2.63 bits per heavy atom. The van der Waals surface area contributed by atoms with E-state index in [9.17, 15) is 19.2 Å². The lowest BCUT2D eigenvalue weighted by Crippen LogP contribution is -2.54. The Hall–Kier alpha value is -2.58. The molecule has 3 aliphatic heterocycles. The molecule has 4 amide bonds. The van der Waals surface area contributed by atoms with E-state index in [1.807, 2.05) is 6.07 Å². The standard InChI is InChI=1S/C19H22N4O4/c1-10-7-12(20)9-22(10)8-11-3-2-4-13-16(11)19(27)23(18(13)26)14-5-6-15(24)21-17(14)25/h2-4,10,12,14H,5-9,20H2,1H3,(H,21,24,25). The fourth-order valence-corrected chi connectivity index (χ4v) is 4.30. The van der Waals surface area contributed by atoms with Crippen molar-refractivity contribution in [3.8, 4) is 0 Å². The predicted molar refractivity (Wildman–Crippen MR) is 95.6 cm³/mol. The minimum absolute atomic E-state index is 0.106. The Kier molecular flexibility index (Phi) is 4.32. The molecule has 3 heterocycles. The van der Waals surface area contributed by atoms with Crippen LogP contribution < -0.4 is 11.1 Å². The lowest BCUT2D eigenvalue weighted by Gasteiger charge is -2.28. The summed E-state index contributed by atoms with van der Waals surface area (Å²) in [4.78, 5) is 52.7. The normalized spacial score (nSPS) is 28.7. The van der Waals surface area contributed by atoms with Crippen molar-refractivity contribution in [2.75, 3.05) is 6.54 Å². The number of fused-ring (bicyclic) bond motifs is 1. The Bertz CT molecular complexity index is 852. The van der Waals surface area contributed by atoms with Crippen LogP contribution >= 0.6 is 0 Å². The molecule has 0 aromatic heterocycles. The van der Waals surface area contributed by atoms with Crippen molar-refractivity contribution in [3.63, 3.8) is 0 Å². The third-order valence-corrected chi connectivity index (χ3v) is 5.66. The molecule has 8 heteroatoms. The van der Waals surface area contributed by atoms with Crippen molar-refractivity contribution >= 4 is 23.6 Å². The Balaban J connectivity index is 1.64. The molecule has 3 N–H and O–H groups in total. The van der Waals surface area contributed by atoms with Crippen LogP contribution in [-0.4, -0.2) is 58.1 Å². The van der Waals surface area contributed by atoms with Crippen LogP contribution in [0.2, 0.25) is 0 Å². The SMILES string of the molecule is CC1CC(N)CN1Cc1cccc2c1C(=O)N(C1CCC(=O)NC1=O)C2=O. The summed E-state index contributed by atoms with van der Waals surface area (Å²) in [6.45, 7) is 3.36. The molecule has 2 fully saturated rings. The number of hydrogen-bond acceptors (Lipinski definition) is 6. The Morgan fingerprint density at radius 1 is 1.19 bits per heavy atom. The molecule has 142 valence electrons. The molecule has 1 aromatic carbocycles. The first-order valence-corrected chi connectivity index (χ1v) is 9.20. The molecule has 4 rings (SSSR count). The van der Waals surface area contributed by atoms with Gasteiger partial charge in [-0.3, -0.25) is 34.3 Å². The number of nitrogens with zero attached hydrogens (tertiary/aromatic N) is 2. The maximum Gasteiger partial charge on any atom is 0.262 e. The largest absolute Gasteiger partial charge is 0.326 e. The minimum Gasteiger partial charge on any atom is -0.326 e. The van der Waals surface area contributed by atoms with E-state index in [2.05, 4.69) is 17.1 Å². The van der Waals surface area contributed by atoms with Gasteiger partial charge in [0, 0.05) is 31.6 Å². The molecule has 27 heavy (non-hydrogen) atoms. The molecule has 0 aliphatic carbocycles. The average molecular weight is 370 g/mol. The molecule has 0 bridgehead atoms. The van der Waals surface area contributed by atoms with Gasteiger partial charge in [-0.15, -0.1) is 0 Å². The minimum atomic E-state index is -0.943. The van der Waals surface area contributed by atoms with E-state index < -0.39 is 23.8 Å². The smallest absolute Gasteiger partial charge is 0.262 e. The number of nitrogens with one attached hydrogen (secondary N) is 1. The predicted octanol–water partition coefficient (Wildman–Crippen LogP) is 0.00930. The van der Waals surface area contributed by atoms with E-state index in [0.717, 1.165) is 23.4 Å². The van der Waals surface area contributed by atoms with Gasteiger partial charge in [0.1, 0.15) is 6.04 Å². The number of nitrogens with two attached hydrogens (primary N) is 1. The molecule has 3 atom stereocenters. The Labute approximate surface area is 156 Å². The maximum absolute atomic E-state index is 13.1. The van der Waals surface area contributed by atoms with E-state index in [4.69, 9.17) is 5.73 Å². The number of imide groups is 2. The quantitative estimate of drug-likeness (QED) is 0.725. The lowest BCUT2D eigenvalue weighted by atomic mass is 10.0. The zero-order valence-electron chi connectivity index (χ0n) is 15.1. The third-order valence-electron chi connectivity index (χ3n) is 5.66. The molecule has 0 radical (unpaired) electrons. The first-order valence-electron chi connectivity index (χ1n) is 9.20. The maximum atomic E-state index is 13.1. The average Bonchev–Trinajstić information content (AvgIpc) is 3.06. The number of hydrogen-bond donors (Lipinski definition) is 2. The van der Waals surface area contributed by atoms with Gasteiger partial charge in [0.25, 0.3) is 11.8 Å². The second-order valence-electron chi connectivity index (χ2n) is 7.56. The highest BCUT2D eigenvalue weighted by atomic mass is 16.2. The summed E-state index contributed by atoms with van der Waals surface area (Å²) < 4.78 is 0.